The SMILES string of the molecule is CN(C)c1cc[n+]([C@]2(c3cc(F)cc(F)c3-c3ncc(C(F)(F)F)cn3)c3cc(F)cc(F)c3-c3ncc(C(F)(F)F)c[n+]32)c(-c2cc(CCC(=O)NCCOCCOCCOCCOCCCCCCCl)cc[n+]2F)c1. The number of anilines is 1. The van der Waals surface area contributed by atoms with Gasteiger partial charge in [0.15, 0.2) is 18.2 Å². The fourth-order valence-electron chi connectivity index (χ4n) is 8.68. The van der Waals surface area contributed by atoms with Gasteiger partial charge in [0.25, 0.3) is 5.69 Å². The van der Waals surface area contributed by atoms with Gasteiger partial charge in [-0.3, -0.25) is 4.79 Å². The lowest BCUT2D eigenvalue weighted by Gasteiger charge is -2.28. The summed E-state index contributed by atoms with van der Waals surface area (Å²) in [4.78, 5) is 26.1. The number of carbonyl (C=O) groups excluding carboxylic acids is 1. The van der Waals surface area contributed by atoms with E-state index in [0.29, 0.717) is 91.4 Å². The van der Waals surface area contributed by atoms with Gasteiger partial charge in [-0.05, 0) is 41.9 Å². The monoisotopic (exact) mass is 1110 g/mol. The number of rotatable bonds is 26. The van der Waals surface area contributed by atoms with Gasteiger partial charge in [0.1, 0.15) is 40.6 Å². The minimum Gasteiger partial charge on any atom is -0.379 e. The van der Waals surface area contributed by atoms with E-state index in [1.54, 1.807) is 19.0 Å². The van der Waals surface area contributed by atoms with Crippen LogP contribution in [0.5, 0.6) is 0 Å². The number of benzene rings is 2. The number of carbonyl (C=O) groups is 1. The van der Waals surface area contributed by atoms with Crippen LogP contribution in [0.1, 0.15) is 59.9 Å². The molecule has 5 heterocycles. The molecule has 0 bridgehead atoms. The molecule has 4 aromatic heterocycles. The molecule has 2 aromatic carbocycles. The molecule has 0 unspecified atom stereocenters. The van der Waals surface area contributed by atoms with E-state index in [2.05, 4.69) is 20.3 Å². The van der Waals surface area contributed by atoms with Crippen molar-refractivity contribution < 1.29 is 86.1 Å². The summed E-state index contributed by atoms with van der Waals surface area (Å²) in [6.45, 7) is 3.13. The molecule has 0 spiro atoms. The summed E-state index contributed by atoms with van der Waals surface area (Å²) in [6.07, 6.45) is -2.76. The van der Waals surface area contributed by atoms with Gasteiger partial charge in [0.05, 0.1) is 73.0 Å². The van der Waals surface area contributed by atoms with Crippen LogP contribution in [0.25, 0.3) is 34.2 Å². The molecule has 0 radical (unpaired) electrons. The van der Waals surface area contributed by atoms with Crippen molar-refractivity contribution in [3.63, 3.8) is 0 Å². The van der Waals surface area contributed by atoms with E-state index in [-0.39, 0.29) is 62.1 Å². The predicted molar refractivity (Wildman–Crippen MR) is 256 cm³/mol. The lowest BCUT2D eigenvalue weighted by molar-refractivity contribution is -0.962. The molecule has 1 aliphatic heterocycles. The van der Waals surface area contributed by atoms with Gasteiger partial charge < -0.3 is 29.2 Å². The number of nitrogens with zero attached hydrogens (tertiary/aromatic N) is 7. The predicted octanol–water partition coefficient (Wildman–Crippen LogP) is 8.65. The molecule has 1 amide bonds. The molecule has 1 atom stereocenters. The zero-order chi connectivity index (χ0) is 55.5. The number of halogens is 12. The number of aryl methyl sites for hydroxylation is 1. The Hall–Kier alpha value is -6.47. The maximum Gasteiger partial charge on any atom is 0.423 e. The van der Waals surface area contributed by atoms with Crippen LogP contribution in [0.15, 0.2) is 85.7 Å². The molecule has 6 aromatic rings. The Morgan fingerprint density at radius 1 is 0.662 bits per heavy atom. The van der Waals surface area contributed by atoms with Gasteiger partial charge in [0, 0.05) is 98.8 Å². The third-order valence-electron chi connectivity index (χ3n) is 12.3. The van der Waals surface area contributed by atoms with Gasteiger partial charge >= 0.3 is 29.5 Å². The molecule has 0 saturated carbocycles. The molecule has 1 aliphatic rings. The molecule has 412 valence electrons. The van der Waals surface area contributed by atoms with Crippen molar-refractivity contribution in [2.45, 2.75) is 56.5 Å². The Kier molecular flexibility index (Phi) is 19.5. The first-order chi connectivity index (χ1) is 36.7. The van der Waals surface area contributed by atoms with Crippen molar-refractivity contribution in [3.05, 3.63) is 137 Å². The second kappa shape index (κ2) is 25.8. The van der Waals surface area contributed by atoms with Crippen molar-refractivity contribution in [1.29, 1.82) is 0 Å². The van der Waals surface area contributed by atoms with E-state index in [4.69, 9.17) is 30.5 Å². The van der Waals surface area contributed by atoms with Crippen LogP contribution in [-0.2, 0) is 48.2 Å². The summed E-state index contributed by atoms with van der Waals surface area (Å²) in [6, 6.07) is 7.28. The molecule has 0 fully saturated rings. The molecule has 0 aliphatic carbocycles. The number of aromatic nitrogens is 6. The highest BCUT2D eigenvalue weighted by Gasteiger charge is 2.64. The molecular formula is C52H53ClF11N8O5+3. The molecule has 13 nitrogen and oxygen atoms in total. The summed E-state index contributed by atoms with van der Waals surface area (Å²) in [7, 11) is 3.17. The number of amides is 1. The second-order valence-corrected chi connectivity index (χ2v) is 18.2. The van der Waals surface area contributed by atoms with E-state index in [9.17, 15) is 31.1 Å². The normalized spacial score (nSPS) is 14.2. The third-order valence-corrected chi connectivity index (χ3v) is 12.6. The van der Waals surface area contributed by atoms with E-state index in [1.165, 1.54) is 24.3 Å². The van der Waals surface area contributed by atoms with Crippen LogP contribution in [0.3, 0.4) is 0 Å². The highest BCUT2D eigenvalue weighted by Crippen LogP contribution is 2.46. The Balaban J connectivity index is 1.19. The molecular weight excluding hydrogens is 1060 g/mol. The van der Waals surface area contributed by atoms with Gasteiger partial charge in [-0.2, -0.15) is 30.9 Å². The van der Waals surface area contributed by atoms with Crippen molar-refractivity contribution in [2.75, 3.05) is 84.3 Å². The van der Waals surface area contributed by atoms with Crippen LogP contribution < -0.4 is 24.1 Å². The number of alkyl halides is 7. The fourth-order valence-corrected chi connectivity index (χ4v) is 8.86. The zero-order valence-corrected chi connectivity index (χ0v) is 42.4. The average molecular weight is 1110 g/mol. The fraction of sp³-hybridized carbons (Fsp3) is 0.404. The van der Waals surface area contributed by atoms with Crippen LogP contribution >= 0.6 is 11.6 Å². The van der Waals surface area contributed by atoms with Crippen LogP contribution in [-0.4, -0.2) is 100 Å². The lowest BCUT2D eigenvalue weighted by Crippen LogP contribution is -2.74. The first-order valence-corrected chi connectivity index (χ1v) is 24.8. The Morgan fingerprint density at radius 2 is 1.23 bits per heavy atom. The molecule has 77 heavy (non-hydrogen) atoms. The minimum atomic E-state index is -5.20. The maximum atomic E-state index is 16.7. The minimum absolute atomic E-state index is 0.0175. The molecule has 1 N–H and O–H groups in total. The quantitative estimate of drug-likeness (QED) is 0.0246. The van der Waals surface area contributed by atoms with Gasteiger partial charge in [-0.15, -0.1) is 16.2 Å². The number of pyridine rings is 2. The summed E-state index contributed by atoms with van der Waals surface area (Å²) in [5.41, 5.74) is -8.93. The topological polar surface area (TPSA) is 120 Å². The standard InChI is InChI=1S/C52H52ClF11N8O5/c1-69(2)38-10-13-70(43(28-38)44-23-33(9-14-72(44)64)7-8-45(73)65-12-16-75-18-20-77-22-21-76-19-17-74-15-6-4-3-5-11-53)50(39-24-36(54)26-41(56)46(39)48-66-29-34(30-67-48)51(58,59)60)40-25-37(55)27-42(57)47(40)49-68-31-35(32-71(49)50)52(61,62)63/h9-10,13-14,23-32H,3-8,11-12,15-22H2,1-2H3/q+2/p+1/t50-/m0/s1. The number of unbranched alkanes of at least 4 members (excludes halogenated alkanes) is 3. The smallest absolute Gasteiger partial charge is 0.379 e. The number of ether oxygens (including phenoxy) is 4. The molecule has 0 saturated heterocycles. The molecule has 25 heteroatoms. The lowest BCUT2D eigenvalue weighted by atomic mass is 9.85. The van der Waals surface area contributed by atoms with Crippen molar-refractivity contribution in [2.24, 2.45) is 0 Å². The number of nitrogens with one attached hydrogen (secondary N) is 1. The highest BCUT2D eigenvalue weighted by molar-refractivity contribution is 6.17. The van der Waals surface area contributed by atoms with E-state index in [0.717, 1.165) is 42.6 Å². The summed E-state index contributed by atoms with van der Waals surface area (Å²) >= 11 is 5.68. The number of hydrogen-bond donors (Lipinski definition) is 1. The van der Waals surface area contributed by atoms with Crippen LogP contribution in [0.4, 0.5) is 54.1 Å². The van der Waals surface area contributed by atoms with Gasteiger partial charge in [-0.25, -0.2) is 27.5 Å². The van der Waals surface area contributed by atoms with Crippen molar-refractivity contribution >= 4 is 23.2 Å². The number of fused-ring (bicyclic) bond motifs is 3. The van der Waals surface area contributed by atoms with E-state index < -0.39 is 97.9 Å². The number of hydrogen-bond acceptors (Lipinski definition) is 9. The van der Waals surface area contributed by atoms with Crippen LogP contribution in [0, 0.1) is 23.3 Å². The van der Waals surface area contributed by atoms with Gasteiger partial charge in [-0.1, -0.05) is 12.8 Å². The third kappa shape index (κ3) is 13.8. The van der Waals surface area contributed by atoms with E-state index in [1.807, 2.05) is 0 Å². The first kappa shape index (κ1) is 58.2. The van der Waals surface area contributed by atoms with Gasteiger partial charge in [0.2, 0.25) is 12.1 Å². The highest BCUT2D eigenvalue weighted by atomic mass is 35.5. The second-order valence-electron chi connectivity index (χ2n) is 17.8. The summed E-state index contributed by atoms with van der Waals surface area (Å²) < 4.78 is 191. The molecule has 7 rings (SSSR count). The zero-order valence-electron chi connectivity index (χ0n) is 41.6. The maximum absolute atomic E-state index is 16.7. The van der Waals surface area contributed by atoms with Crippen molar-refractivity contribution in [1.82, 2.24) is 20.3 Å². The Morgan fingerprint density at radius 3 is 1.84 bits per heavy atom. The largest absolute Gasteiger partial charge is 0.423 e. The van der Waals surface area contributed by atoms with E-state index >= 15 is 22.0 Å². The average Bonchev–Trinajstić information content (AvgIpc) is 3.94. The van der Waals surface area contributed by atoms with Crippen molar-refractivity contribution in [3.8, 4) is 34.2 Å². The first-order valence-electron chi connectivity index (χ1n) is 24.2. The Bertz CT molecular complexity index is 3010. The summed E-state index contributed by atoms with van der Waals surface area (Å²) in [5.74, 6) is -6.96. The van der Waals surface area contributed by atoms with Crippen LogP contribution in [0.2, 0.25) is 0 Å². The summed E-state index contributed by atoms with van der Waals surface area (Å²) in [5, 5.41) is 2.73. The Labute approximate surface area is 440 Å².